The molecule has 16 nitrogen and oxygen atoms in total. The summed E-state index contributed by atoms with van der Waals surface area (Å²) in [5.74, 6) is 0.967. The van der Waals surface area contributed by atoms with Gasteiger partial charge in [0.15, 0.2) is 11.3 Å². The van der Waals surface area contributed by atoms with E-state index in [1.54, 1.807) is 0 Å². The van der Waals surface area contributed by atoms with Gasteiger partial charge in [0.2, 0.25) is 0 Å². The van der Waals surface area contributed by atoms with E-state index in [4.69, 9.17) is 31.2 Å². The molecular weight excluding hydrogens is 843 g/mol. The van der Waals surface area contributed by atoms with Gasteiger partial charge < -0.3 is 41.0 Å². The molecule has 8 rings (SSSR count). The molecule has 19 heteroatoms. The minimum Gasteiger partial charge on any atom is -0.444 e. The summed E-state index contributed by atoms with van der Waals surface area (Å²) in [5.41, 5.74) is 4.97. The molecule has 4 fully saturated rings. The lowest BCUT2D eigenvalue weighted by Crippen LogP contribution is -2.40. The highest BCUT2D eigenvalue weighted by molar-refractivity contribution is 6.30. The Morgan fingerprint density at radius 1 is 0.721 bits per heavy atom. The molecule has 8 heterocycles. The molecule has 340 valence electrons. The summed E-state index contributed by atoms with van der Waals surface area (Å²) in [6, 6.07) is 5.10. The smallest absolute Gasteiger partial charge is 0.407 e. The largest absolute Gasteiger partial charge is 0.444 e. The van der Waals surface area contributed by atoms with Crippen molar-refractivity contribution >= 4 is 65.7 Å². The van der Waals surface area contributed by atoms with Gasteiger partial charge in [-0.3, -0.25) is 0 Å². The molecule has 5 N–H and O–H groups in total. The Morgan fingerprint density at radius 2 is 1.25 bits per heavy atom. The first-order chi connectivity index (χ1) is 28.0. The summed E-state index contributed by atoms with van der Waals surface area (Å²) in [4.78, 5) is 34.8. The first-order valence-corrected chi connectivity index (χ1v) is 21.7. The third-order valence-electron chi connectivity index (χ3n) is 10.5. The monoisotopic (exact) mass is 908 g/mol. The lowest BCUT2D eigenvalue weighted by molar-refractivity contribution is 0.0497. The first-order valence-electron chi connectivity index (χ1n) is 21.3. The van der Waals surface area contributed by atoms with Crippen molar-refractivity contribution in [3.63, 3.8) is 0 Å². The minimum absolute atomic E-state index is 0. The Hall–Kier alpha value is -3.67. The maximum absolute atomic E-state index is 12.1. The Kier molecular flexibility index (Phi) is 18.1. The number of carbonyl (C=O) groups is 2. The number of anilines is 1. The molecule has 0 spiro atoms. The van der Waals surface area contributed by atoms with Crippen molar-refractivity contribution in [3.05, 3.63) is 52.2 Å². The average Bonchev–Trinajstić information content (AvgIpc) is 3.99. The van der Waals surface area contributed by atoms with Crippen LogP contribution in [0.15, 0.2) is 24.5 Å². The zero-order valence-electron chi connectivity index (χ0n) is 37.0. The Balaban J connectivity index is 0.000000218. The number of carbonyl (C=O) groups excluding carboxylic acids is 2. The number of hydrogen-bond donors (Lipinski definition) is 5. The quantitative estimate of drug-likeness (QED) is 0.128. The molecule has 0 unspecified atom stereocenters. The van der Waals surface area contributed by atoms with Crippen LogP contribution in [0.25, 0.3) is 11.3 Å². The predicted octanol–water partition coefficient (Wildman–Crippen LogP) is 7.18. The van der Waals surface area contributed by atoms with Gasteiger partial charge in [-0.05, 0) is 114 Å². The van der Waals surface area contributed by atoms with Crippen molar-refractivity contribution in [2.45, 2.75) is 142 Å². The number of amides is 2. The van der Waals surface area contributed by atoms with Crippen LogP contribution in [-0.2, 0) is 9.47 Å². The molecule has 2 amide bonds. The second-order valence-electron chi connectivity index (χ2n) is 18.1. The van der Waals surface area contributed by atoms with Crippen LogP contribution in [0.4, 0.5) is 15.4 Å². The molecule has 0 bridgehead atoms. The Labute approximate surface area is 377 Å². The molecule has 0 radical (unpaired) electrons. The van der Waals surface area contributed by atoms with Crippen molar-refractivity contribution in [1.82, 2.24) is 55.8 Å². The molecule has 4 aromatic rings. The number of ether oxygens (including phenoxy) is 2. The molecule has 0 aromatic carbocycles. The van der Waals surface area contributed by atoms with E-state index < -0.39 is 11.2 Å². The van der Waals surface area contributed by atoms with Crippen LogP contribution in [0.1, 0.15) is 128 Å². The van der Waals surface area contributed by atoms with Crippen molar-refractivity contribution in [2.24, 2.45) is 0 Å². The molecule has 4 aliphatic heterocycles. The topological polar surface area (TPSA) is 176 Å². The normalized spacial score (nSPS) is 21.6. The second-order valence-corrected chi connectivity index (χ2v) is 18.5. The maximum Gasteiger partial charge on any atom is 0.407 e. The predicted molar refractivity (Wildman–Crippen MR) is 245 cm³/mol. The fourth-order valence-electron chi connectivity index (χ4n) is 7.69. The van der Waals surface area contributed by atoms with Crippen molar-refractivity contribution in [2.75, 3.05) is 44.2 Å². The van der Waals surface area contributed by atoms with Gasteiger partial charge in [0, 0.05) is 61.3 Å². The molecular formula is C42H67Cl3N12O4. The van der Waals surface area contributed by atoms with E-state index in [-0.39, 0.29) is 49.1 Å². The van der Waals surface area contributed by atoms with Gasteiger partial charge >= 0.3 is 12.2 Å². The number of piperidine rings is 2. The van der Waals surface area contributed by atoms with E-state index in [0.29, 0.717) is 17.2 Å². The molecule has 0 aliphatic carbocycles. The van der Waals surface area contributed by atoms with Crippen LogP contribution in [0.2, 0.25) is 5.15 Å². The van der Waals surface area contributed by atoms with Crippen LogP contribution < -0.4 is 31.5 Å². The minimum atomic E-state index is -0.488. The van der Waals surface area contributed by atoms with Crippen LogP contribution in [-0.4, -0.2) is 104 Å². The summed E-state index contributed by atoms with van der Waals surface area (Å²) in [5, 5.41) is 25.9. The van der Waals surface area contributed by atoms with Gasteiger partial charge in [0.1, 0.15) is 22.2 Å². The number of aromatic nitrogens is 6. The number of hydrogen-bond acceptors (Lipinski definition) is 12. The molecule has 4 aliphatic rings. The number of rotatable bonds is 5. The van der Waals surface area contributed by atoms with Crippen LogP contribution in [0.3, 0.4) is 0 Å². The lowest BCUT2D eigenvalue weighted by atomic mass is 10.0. The molecule has 61 heavy (non-hydrogen) atoms. The molecule has 4 aromatic heterocycles. The number of fused-ring (bicyclic) bond motifs is 2. The van der Waals surface area contributed by atoms with E-state index in [2.05, 4.69) is 60.8 Å². The van der Waals surface area contributed by atoms with E-state index >= 15 is 0 Å². The summed E-state index contributed by atoms with van der Waals surface area (Å²) in [6.07, 6.45) is 12.4. The summed E-state index contributed by atoms with van der Waals surface area (Å²) < 4.78 is 14.2. The fraction of sp³-hybridized carbons (Fsp3) is 0.667. The van der Waals surface area contributed by atoms with Crippen molar-refractivity contribution < 1.29 is 19.1 Å². The highest BCUT2D eigenvalue weighted by atomic mass is 35.5. The van der Waals surface area contributed by atoms with Gasteiger partial charge in [-0.2, -0.15) is 10.2 Å². The Morgan fingerprint density at radius 3 is 1.74 bits per heavy atom. The standard InChI is InChI=1S/C21H32N6O2.C12H15ClN4.C9H18N2O2.2ClH/c1-14-12-27-18(11-17(25-27)16-7-5-6-9-22-16)24-19(14)26-10-8-15(13-26)23-20(28)29-21(2,3)4;1-8-7-17-11(15-12(8)13)6-10(16-17)9-4-2-3-5-14-9;1-9(2,3)13-8(12)11-7-4-5-10-6-7;;/h11-12,15-16,22H,5-10,13H2,1-4H3,(H,23,28);6-7,9,14H,2-5H2,1H3;7,10H,4-6H2,1-3H3,(H,11,12);2*1H/t15-,16-;9-;7-;;/m000../s1. The van der Waals surface area contributed by atoms with Crippen LogP contribution in [0.5, 0.6) is 0 Å². The van der Waals surface area contributed by atoms with Crippen molar-refractivity contribution in [3.8, 4) is 0 Å². The summed E-state index contributed by atoms with van der Waals surface area (Å²) in [6.45, 7) is 20.7. The number of alkyl carbamates (subject to hydrolysis) is 2. The van der Waals surface area contributed by atoms with Gasteiger partial charge in [0.25, 0.3) is 0 Å². The maximum atomic E-state index is 12.1. The first kappa shape index (κ1) is 50.0. The highest BCUT2D eigenvalue weighted by Gasteiger charge is 2.29. The number of halogens is 3. The number of nitrogens with zero attached hydrogens (tertiary/aromatic N) is 7. The zero-order chi connectivity index (χ0) is 42.3. The highest BCUT2D eigenvalue weighted by Crippen LogP contribution is 2.27. The zero-order valence-corrected chi connectivity index (χ0v) is 39.4. The molecule has 4 atom stereocenters. The Bertz CT molecular complexity index is 1990. The molecule has 0 saturated carbocycles. The average molecular weight is 910 g/mol. The SMILES string of the molecule is CC(C)(C)OC(=O)N[C@H]1CCNC1.Cc1cn2nc([C@@H]3CCCCN3)cc2nc1Cl.Cc1cn2nc([C@@H]3CCCCN3)cc2nc1N1CC[C@H](NC(=O)OC(C)(C)C)C1.Cl.Cl. The fourth-order valence-corrected chi connectivity index (χ4v) is 7.83. The summed E-state index contributed by atoms with van der Waals surface area (Å²) in [7, 11) is 0. The van der Waals surface area contributed by atoms with E-state index in [9.17, 15) is 9.59 Å². The number of aryl methyl sites for hydroxylation is 2. The third-order valence-corrected chi connectivity index (χ3v) is 10.9. The number of nitrogens with one attached hydrogen (secondary N) is 5. The van der Waals surface area contributed by atoms with E-state index in [1.807, 2.05) is 69.8 Å². The molecule has 4 saturated heterocycles. The van der Waals surface area contributed by atoms with Gasteiger partial charge in [-0.15, -0.1) is 24.8 Å². The summed E-state index contributed by atoms with van der Waals surface area (Å²) >= 11 is 6.01. The van der Waals surface area contributed by atoms with Crippen LogP contribution in [0, 0.1) is 13.8 Å². The van der Waals surface area contributed by atoms with Gasteiger partial charge in [-0.1, -0.05) is 24.4 Å². The van der Waals surface area contributed by atoms with Gasteiger partial charge in [0.05, 0.1) is 29.5 Å². The van der Waals surface area contributed by atoms with E-state index in [1.165, 1.54) is 25.7 Å². The van der Waals surface area contributed by atoms with Gasteiger partial charge in [-0.25, -0.2) is 28.6 Å². The third kappa shape index (κ3) is 14.7. The lowest BCUT2D eigenvalue weighted by Gasteiger charge is -2.22. The van der Waals surface area contributed by atoms with E-state index in [0.717, 1.165) is 105 Å². The van der Waals surface area contributed by atoms with Crippen LogP contribution >= 0.6 is 36.4 Å². The van der Waals surface area contributed by atoms with Crippen molar-refractivity contribution in [1.29, 1.82) is 0 Å². The second kappa shape index (κ2) is 22.1.